The third kappa shape index (κ3) is 16.0. The molecule has 3 saturated heterocycles. The molecule has 0 saturated carbocycles. The highest BCUT2D eigenvalue weighted by Crippen LogP contribution is 2.20. The van der Waals surface area contributed by atoms with Crippen LogP contribution in [-0.4, -0.2) is 131 Å². The quantitative estimate of drug-likeness (QED) is 0.119. The molecule has 3 aliphatic rings. The molecular formula is C34H55N5O8S. The van der Waals surface area contributed by atoms with Gasteiger partial charge in [0.2, 0.25) is 11.8 Å². The van der Waals surface area contributed by atoms with Gasteiger partial charge in [0.15, 0.2) is 0 Å². The normalized spacial score (nSPS) is 19.8. The summed E-state index contributed by atoms with van der Waals surface area (Å²) in [5.74, 6) is 2.16. The summed E-state index contributed by atoms with van der Waals surface area (Å²) in [7, 11) is 0. The molecule has 5 amide bonds. The summed E-state index contributed by atoms with van der Waals surface area (Å²) in [5.41, 5.74) is 1.80. The topological polar surface area (TPSA) is 157 Å². The molecule has 3 aliphatic heterocycles. The highest BCUT2D eigenvalue weighted by atomic mass is 32.2. The average molecular weight is 694 g/mol. The second kappa shape index (κ2) is 23.4. The van der Waals surface area contributed by atoms with Crippen LogP contribution in [0.15, 0.2) is 24.3 Å². The standard InChI is InChI=1S/C29H47N3O7.C5H8N2OS/c1-3-4-7-27(33)30-13-16-37-18-20-39-22-21-38-19-17-36-15-12-28(34)31-26-6-5-14-32(23-26)29(35)25-10-8-24(2)9-11-25;8-5-6-3-1-9-2-4(3)7-5/h8-11,26H,3-7,12-23H2,1-2H3,(H,30,33)(H,31,34);3-4H,1-2H2,(H2,6,7,8). The van der Waals surface area contributed by atoms with Crippen molar-refractivity contribution in [1.29, 1.82) is 0 Å². The lowest BCUT2D eigenvalue weighted by molar-refractivity contribution is -0.123. The molecule has 3 fully saturated rings. The van der Waals surface area contributed by atoms with Crippen molar-refractivity contribution in [2.45, 2.75) is 70.5 Å². The molecule has 3 unspecified atom stereocenters. The van der Waals surface area contributed by atoms with E-state index >= 15 is 0 Å². The zero-order valence-corrected chi connectivity index (χ0v) is 29.4. The van der Waals surface area contributed by atoms with E-state index in [9.17, 15) is 19.2 Å². The van der Waals surface area contributed by atoms with Crippen molar-refractivity contribution in [3.63, 3.8) is 0 Å². The molecule has 1 aromatic carbocycles. The van der Waals surface area contributed by atoms with Gasteiger partial charge in [-0.3, -0.25) is 14.4 Å². The summed E-state index contributed by atoms with van der Waals surface area (Å²) in [4.78, 5) is 49.0. The minimum atomic E-state index is -0.0694. The number of carbonyl (C=O) groups is 4. The summed E-state index contributed by atoms with van der Waals surface area (Å²) in [5, 5.41) is 11.5. The number of unbranched alkanes of at least 4 members (excludes halogenated alkanes) is 1. The zero-order chi connectivity index (χ0) is 34.4. The van der Waals surface area contributed by atoms with Crippen LogP contribution in [-0.2, 0) is 28.5 Å². The van der Waals surface area contributed by atoms with E-state index in [1.807, 2.05) is 47.9 Å². The van der Waals surface area contributed by atoms with Gasteiger partial charge in [0.1, 0.15) is 0 Å². The lowest BCUT2D eigenvalue weighted by Gasteiger charge is -2.33. The number of ether oxygens (including phenoxy) is 4. The van der Waals surface area contributed by atoms with Crippen molar-refractivity contribution < 1.29 is 38.1 Å². The Labute approximate surface area is 289 Å². The van der Waals surface area contributed by atoms with Crippen molar-refractivity contribution in [3.05, 3.63) is 35.4 Å². The number of hydrogen-bond donors (Lipinski definition) is 4. The summed E-state index contributed by atoms with van der Waals surface area (Å²) in [6, 6.07) is 8.36. The van der Waals surface area contributed by atoms with Gasteiger partial charge in [-0.15, -0.1) is 0 Å². The van der Waals surface area contributed by atoms with Crippen LogP contribution < -0.4 is 21.3 Å². The summed E-state index contributed by atoms with van der Waals surface area (Å²) in [6.07, 6.45) is 4.49. The van der Waals surface area contributed by atoms with Gasteiger partial charge in [0.05, 0.1) is 64.9 Å². The minimum absolute atomic E-state index is 0.00491. The molecule has 0 aromatic heterocycles. The predicted octanol–water partition coefficient (Wildman–Crippen LogP) is 2.26. The fraction of sp³-hybridized carbons (Fsp3) is 0.706. The van der Waals surface area contributed by atoms with Gasteiger partial charge in [0, 0.05) is 55.6 Å². The molecule has 0 spiro atoms. The van der Waals surface area contributed by atoms with Crippen LogP contribution in [0.1, 0.15) is 61.4 Å². The van der Waals surface area contributed by atoms with Crippen LogP contribution in [0.25, 0.3) is 0 Å². The number of likely N-dealkylation sites (tertiary alicyclic amines) is 1. The Morgan fingerprint density at radius 3 is 2.08 bits per heavy atom. The first-order chi connectivity index (χ1) is 23.4. The minimum Gasteiger partial charge on any atom is -0.379 e. The second-order valence-electron chi connectivity index (χ2n) is 12.0. The number of amides is 5. The van der Waals surface area contributed by atoms with Crippen LogP contribution in [0.4, 0.5) is 4.79 Å². The predicted molar refractivity (Wildman–Crippen MR) is 185 cm³/mol. The van der Waals surface area contributed by atoms with Crippen LogP contribution in [0, 0.1) is 6.92 Å². The number of urea groups is 1. The van der Waals surface area contributed by atoms with Gasteiger partial charge in [-0.1, -0.05) is 31.0 Å². The lowest BCUT2D eigenvalue weighted by atomic mass is 10.0. The number of piperidine rings is 1. The van der Waals surface area contributed by atoms with Crippen LogP contribution >= 0.6 is 11.8 Å². The monoisotopic (exact) mass is 693 g/mol. The number of benzene rings is 1. The Kier molecular flexibility index (Phi) is 19.3. The van der Waals surface area contributed by atoms with E-state index in [0.717, 1.165) is 42.8 Å². The molecule has 0 bridgehead atoms. The van der Waals surface area contributed by atoms with Gasteiger partial charge in [-0.05, 0) is 38.3 Å². The van der Waals surface area contributed by atoms with E-state index in [0.29, 0.717) is 96.6 Å². The molecule has 270 valence electrons. The largest absolute Gasteiger partial charge is 0.379 e. The van der Waals surface area contributed by atoms with E-state index in [2.05, 4.69) is 28.2 Å². The number of hydrogen-bond acceptors (Lipinski definition) is 9. The molecule has 14 heteroatoms. The van der Waals surface area contributed by atoms with Gasteiger partial charge in [-0.25, -0.2) is 4.79 Å². The number of nitrogens with one attached hydrogen (secondary N) is 4. The van der Waals surface area contributed by atoms with Crippen LogP contribution in [0.2, 0.25) is 0 Å². The molecule has 13 nitrogen and oxygen atoms in total. The van der Waals surface area contributed by atoms with Gasteiger partial charge in [-0.2, -0.15) is 11.8 Å². The van der Waals surface area contributed by atoms with Gasteiger partial charge < -0.3 is 45.1 Å². The molecule has 0 aliphatic carbocycles. The lowest BCUT2D eigenvalue weighted by Crippen LogP contribution is -2.49. The molecule has 4 rings (SSSR count). The highest BCUT2D eigenvalue weighted by molar-refractivity contribution is 7.99. The van der Waals surface area contributed by atoms with E-state index in [-0.39, 0.29) is 36.2 Å². The number of aryl methyl sites for hydroxylation is 1. The maximum Gasteiger partial charge on any atom is 0.315 e. The molecule has 1 aromatic rings. The molecule has 3 atom stereocenters. The number of carbonyl (C=O) groups excluding carboxylic acids is 4. The Balaban J connectivity index is 0.000000588. The molecular weight excluding hydrogens is 638 g/mol. The van der Waals surface area contributed by atoms with Crippen LogP contribution in [0.5, 0.6) is 0 Å². The van der Waals surface area contributed by atoms with Crippen molar-refractivity contribution in [2.24, 2.45) is 0 Å². The fourth-order valence-corrected chi connectivity index (χ4v) is 6.57. The first-order valence-corrected chi connectivity index (χ1v) is 18.4. The number of fused-ring (bicyclic) bond motifs is 1. The van der Waals surface area contributed by atoms with Gasteiger partial charge >= 0.3 is 6.03 Å². The molecule has 0 radical (unpaired) electrons. The SMILES string of the molecule is CCCCC(=O)NCCOCCOCCOCCOCCC(=O)NC1CCCN(C(=O)c2ccc(C)cc2)C1.O=C1NC2CSCC2N1. The highest BCUT2D eigenvalue weighted by Gasteiger charge is 2.35. The van der Waals surface area contributed by atoms with E-state index < -0.39 is 0 Å². The smallest absolute Gasteiger partial charge is 0.315 e. The van der Waals surface area contributed by atoms with E-state index in [4.69, 9.17) is 18.9 Å². The summed E-state index contributed by atoms with van der Waals surface area (Å²) < 4.78 is 21.8. The Bertz CT molecular complexity index is 1100. The summed E-state index contributed by atoms with van der Waals surface area (Å²) >= 11 is 1.89. The number of thioether (sulfide) groups is 1. The average Bonchev–Trinajstić information content (AvgIpc) is 3.67. The Morgan fingerprint density at radius 1 is 0.854 bits per heavy atom. The van der Waals surface area contributed by atoms with Crippen molar-refractivity contribution in [1.82, 2.24) is 26.2 Å². The van der Waals surface area contributed by atoms with Crippen molar-refractivity contribution in [3.8, 4) is 0 Å². The Morgan fingerprint density at radius 2 is 1.46 bits per heavy atom. The third-order valence-corrected chi connectivity index (χ3v) is 9.19. The fourth-order valence-electron chi connectivity index (χ4n) is 5.29. The Hall–Kier alpha value is -2.91. The first kappa shape index (κ1) is 39.5. The van der Waals surface area contributed by atoms with E-state index in [1.54, 1.807) is 0 Å². The van der Waals surface area contributed by atoms with E-state index in [1.165, 1.54) is 0 Å². The zero-order valence-electron chi connectivity index (χ0n) is 28.6. The van der Waals surface area contributed by atoms with Crippen molar-refractivity contribution in [2.75, 3.05) is 84.0 Å². The maximum absolute atomic E-state index is 12.8. The third-order valence-electron chi connectivity index (χ3n) is 8.00. The second-order valence-corrected chi connectivity index (χ2v) is 13.1. The number of nitrogens with zero attached hydrogens (tertiary/aromatic N) is 1. The molecule has 3 heterocycles. The maximum atomic E-state index is 12.8. The van der Waals surface area contributed by atoms with Gasteiger partial charge in [0.25, 0.3) is 5.91 Å². The number of rotatable bonds is 20. The molecule has 4 N–H and O–H groups in total. The summed E-state index contributed by atoms with van der Waals surface area (Å²) in [6.45, 7) is 9.29. The molecule has 48 heavy (non-hydrogen) atoms. The first-order valence-electron chi connectivity index (χ1n) is 17.2. The van der Waals surface area contributed by atoms with Crippen LogP contribution in [0.3, 0.4) is 0 Å². The van der Waals surface area contributed by atoms with Crippen molar-refractivity contribution >= 4 is 35.5 Å².